The summed E-state index contributed by atoms with van der Waals surface area (Å²) in [6, 6.07) is 12.3. The van der Waals surface area contributed by atoms with Gasteiger partial charge in [-0.25, -0.2) is 9.78 Å². The summed E-state index contributed by atoms with van der Waals surface area (Å²) in [7, 11) is 1.43. The molecule has 0 aliphatic heterocycles. The Morgan fingerprint density at radius 2 is 1.83 bits per heavy atom. The van der Waals surface area contributed by atoms with Crippen molar-refractivity contribution in [2.24, 2.45) is 0 Å². The summed E-state index contributed by atoms with van der Waals surface area (Å²) in [6.45, 7) is 5.59. The van der Waals surface area contributed by atoms with E-state index in [1.165, 1.54) is 7.05 Å². The van der Waals surface area contributed by atoms with Gasteiger partial charge in [-0.05, 0) is 50.1 Å². The van der Waals surface area contributed by atoms with Gasteiger partial charge in [-0.15, -0.1) is 0 Å². The minimum Gasteiger partial charge on any atom is -0.341 e. The first kappa shape index (κ1) is 20.6. The molecule has 1 aromatic heterocycles. The number of nitrogens with zero attached hydrogens (tertiary/aromatic N) is 2. The van der Waals surface area contributed by atoms with Crippen LogP contribution in [0.15, 0.2) is 52.4 Å². The molecule has 0 radical (unpaired) electrons. The molecule has 3 aromatic rings. The minimum absolute atomic E-state index is 0.203. The van der Waals surface area contributed by atoms with Gasteiger partial charge in [-0.2, -0.15) is 0 Å². The van der Waals surface area contributed by atoms with Crippen molar-refractivity contribution in [3.05, 3.63) is 63.9 Å². The van der Waals surface area contributed by atoms with Crippen LogP contribution in [0.3, 0.4) is 0 Å². The second kappa shape index (κ2) is 8.48. The third kappa shape index (κ3) is 4.17. The van der Waals surface area contributed by atoms with Crippen LogP contribution in [0.4, 0.5) is 4.79 Å². The number of benzene rings is 2. The number of fused-ring (bicyclic) bond motifs is 1. The first-order valence-electron chi connectivity index (χ1n) is 9.11. The lowest BCUT2D eigenvalue weighted by molar-refractivity contribution is -0.119. The number of aromatic nitrogens is 2. The van der Waals surface area contributed by atoms with Crippen molar-refractivity contribution >= 4 is 34.6 Å². The molecule has 0 saturated carbocycles. The first-order valence-corrected chi connectivity index (χ1v) is 9.99. The molecular formula is C21H22N4O3S. The number of thioether (sulfide) groups is 1. The molecule has 1 heterocycles. The zero-order valence-corrected chi connectivity index (χ0v) is 17.5. The largest absolute Gasteiger partial charge is 0.341 e. The van der Waals surface area contributed by atoms with Crippen molar-refractivity contribution in [3.63, 3.8) is 0 Å². The highest BCUT2D eigenvalue weighted by molar-refractivity contribution is 8.00. The molecule has 0 bridgehead atoms. The predicted molar refractivity (Wildman–Crippen MR) is 115 cm³/mol. The van der Waals surface area contributed by atoms with Crippen molar-refractivity contribution < 1.29 is 9.59 Å². The predicted octanol–water partition coefficient (Wildman–Crippen LogP) is 2.94. The molecule has 2 aromatic carbocycles. The molecule has 0 fully saturated rings. The van der Waals surface area contributed by atoms with Crippen LogP contribution in [-0.4, -0.2) is 33.8 Å². The number of rotatable bonds is 4. The number of imide groups is 1. The Labute approximate surface area is 172 Å². The SMILES string of the molecule is CNC(=O)NC(=O)C(C)Sc1nc2ccccc2c(=O)n1-c1cccc(C)c1C. The van der Waals surface area contributed by atoms with E-state index in [1.54, 1.807) is 29.7 Å². The van der Waals surface area contributed by atoms with Crippen molar-refractivity contribution in [2.45, 2.75) is 31.2 Å². The highest BCUT2D eigenvalue weighted by Gasteiger charge is 2.22. The highest BCUT2D eigenvalue weighted by atomic mass is 32.2. The first-order chi connectivity index (χ1) is 13.8. The molecule has 7 nitrogen and oxygen atoms in total. The average molecular weight is 410 g/mol. The number of hydrogen-bond acceptors (Lipinski definition) is 5. The van der Waals surface area contributed by atoms with Gasteiger partial charge in [-0.1, -0.05) is 36.0 Å². The summed E-state index contributed by atoms with van der Waals surface area (Å²) >= 11 is 1.13. The van der Waals surface area contributed by atoms with E-state index in [2.05, 4.69) is 15.6 Å². The second-order valence-electron chi connectivity index (χ2n) is 6.60. The summed E-state index contributed by atoms with van der Waals surface area (Å²) < 4.78 is 1.54. The maximum absolute atomic E-state index is 13.3. The Balaban J connectivity index is 2.15. The van der Waals surface area contributed by atoms with E-state index in [1.807, 2.05) is 38.1 Å². The Morgan fingerprint density at radius 3 is 2.55 bits per heavy atom. The number of carbonyl (C=O) groups excluding carboxylic acids is 2. The molecule has 3 rings (SSSR count). The third-order valence-electron chi connectivity index (χ3n) is 4.68. The number of aryl methyl sites for hydroxylation is 1. The maximum Gasteiger partial charge on any atom is 0.321 e. The number of carbonyl (C=O) groups is 2. The molecular weight excluding hydrogens is 388 g/mol. The van der Waals surface area contributed by atoms with Crippen molar-refractivity contribution in [3.8, 4) is 5.69 Å². The maximum atomic E-state index is 13.3. The van der Waals surface area contributed by atoms with Gasteiger partial charge in [0.1, 0.15) is 0 Å². The van der Waals surface area contributed by atoms with Crippen LogP contribution in [0, 0.1) is 13.8 Å². The summed E-state index contributed by atoms with van der Waals surface area (Å²) in [6.07, 6.45) is 0. The molecule has 2 N–H and O–H groups in total. The molecule has 0 aliphatic rings. The Kier molecular flexibility index (Phi) is 6.03. The van der Waals surface area contributed by atoms with Gasteiger partial charge in [0.05, 0.1) is 21.8 Å². The second-order valence-corrected chi connectivity index (χ2v) is 7.91. The number of hydrogen-bond donors (Lipinski definition) is 2. The smallest absolute Gasteiger partial charge is 0.321 e. The topological polar surface area (TPSA) is 93.1 Å². The number of urea groups is 1. The number of nitrogens with one attached hydrogen (secondary N) is 2. The van der Waals surface area contributed by atoms with Gasteiger partial charge in [0.2, 0.25) is 5.91 Å². The van der Waals surface area contributed by atoms with Crippen LogP contribution in [0.5, 0.6) is 0 Å². The molecule has 8 heteroatoms. The van der Waals surface area contributed by atoms with E-state index in [0.717, 1.165) is 28.6 Å². The van der Waals surface area contributed by atoms with Crippen LogP contribution < -0.4 is 16.2 Å². The minimum atomic E-state index is -0.642. The fourth-order valence-corrected chi connectivity index (χ4v) is 3.79. The molecule has 3 amide bonds. The van der Waals surface area contributed by atoms with E-state index >= 15 is 0 Å². The Morgan fingerprint density at radius 1 is 1.10 bits per heavy atom. The fraction of sp³-hybridized carbons (Fsp3) is 0.238. The van der Waals surface area contributed by atoms with E-state index in [4.69, 9.17) is 0 Å². The van der Waals surface area contributed by atoms with E-state index < -0.39 is 17.2 Å². The zero-order chi connectivity index (χ0) is 21.1. The van der Waals surface area contributed by atoms with Crippen LogP contribution in [-0.2, 0) is 4.79 Å². The molecule has 29 heavy (non-hydrogen) atoms. The summed E-state index contributed by atoms with van der Waals surface area (Å²) in [5, 5.41) is 4.85. The average Bonchev–Trinajstić information content (AvgIpc) is 2.70. The van der Waals surface area contributed by atoms with Gasteiger partial charge in [0.25, 0.3) is 5.56 Å². The Hall–Kier alpha value is -3.13. The van der Waals surface area contributed by atoms with E-state index in [9.17, 15) is 14.4 Å². The van der Waals surface area contributed by atoms with Gasteiger partial charge >= 0.3 is 6.03 Å². The van der Waals surface area contributed by atoms with E-state index in [-0.39, 0.29) is 5.56 Å². The number of amides is 3. The monoisotopic (exact) mass is 410 g/mol. The lowest BCUT2D eigenvalue weighted by Gasteiger charge is -2.18. The molecule has 0 spiro atoms. The van der Waals surface area contributed by atoms with Crippen molar-refractivity contribution in [1.82, 2.24) is 20.2 Å². The lowest BCUT2D eigenvalue weighted by atomic mass is 10.1. The van der Waals surface area contributed by atoms with Crippen molar-refractivity contribution in [2.75, 3.05) is 7.05 Å². The molecule has 150 valence electrons. The Bertz CT molecular complexity index is 1160. The molecule has 1 atom stereocenters. The fourth-order valence-electron chi connectivity index (χ4n) is 2.87. The van der Waals surface area contributed by atoms with Crippen molar-refractivity contribution in [1.29, 1.82) is 0 Å². The molecule has 0 saturated heterocycles. The summed E-state index contributed by atoms with van der Waals surface area (Å²) in [5.74, 6) is -0.468. The van der Waals surface area contributed by atoms with Crippen LogP contribution in [0.25, 0.3) is 16.6 Å². The van der Waals surface area contributed by atoms with Gasteiger partial charge in [0.15, 0.2) is 5.16 Å². The van der Waals surface area contributed by atoms with Gasteiger partial charge in [-0.3, -0.25) is 19.5 Å². The summed E-state index contributed by atoms with van der Waals surface area (Å²) in [5.41, 5.74) is 3.07. The highest BCUT2D eigenvalue weighted by Crippen LogP contribution is 2.27. The lowest BCUT2D eigenvalue weighted by Crippen LogP contribution is -2.41. The molecule has 0 aliphatic carbocycles. The number of para-hydroxylation sites is 1. The normalized spacial score (nSPS) is 11.9. The standard InChI is InChI=1S/C21H22N4O3S/c1-12-8-7-11-17(13(12)2)25-19(27)15-9-5-6-10-16(15)23-21(25)29-14(3)18(26)24-20(28)22-4/h5-11,14H,1-4H3,(H2,22,24,26,28). The zero-order valence-electron chi connectivity index (χ0n) is 16.6. The van der Waals surface area contributed by atoms with Crippen LogP contribution in [0.1, 0.15) is 18.1 Å². The van der Waals surface area contributed by atoms with E-state index in [0.29, 0.717) is 16.1 Å². The van der Waals surface area contributed by atoms with Crippen LogP contribution >= 0.6 is 11.8 Å². The molecule has 1 unspecified atom stereocenters. The quantitative estimate of drug-likeness (QED) is 0.510. The summed E-state index contributed by atoms with van der Waals surface area (Å²) in [4.78, 5) is 41.8. The third-order valence-corrected chi connectivity index (χ3v) is 5.73. The van der Waals surface area contributed by atoms with Gasteiger partial charge in [0, 0.05) is 7.05 Å². The van der Waals surface area contributed by atoms with Crippen LogP contribution in [0.2, 0.25) is 0 Å². The van der Waals surface area contributed by atoms with Gasteiger partial charge < -0.3 is 5.32 Å².